The molecule has 13 heavy (non-hydrogen) atoms. The fourth-order valence-corrected chi connectivity index (χ4v) is 2.43. The first-order valence-corrected chi connectivity index (χ1v) is 5.11. The number of thiophene rings is 1. The van der Waals surface area contributed by atoms with E-state index in [-0.39, 0.29) is 0 Å². The Balaban J connectivity index is 2.58. The lowest BCUT2D eigenvalue weighted by molar-refractivity contribution is 0.765. The van der Waals surface area contributed by atoms with Gasteiger partial charge in [-0.05, 0) is 36.9 Å². The zero-order valence-corrected chi connectivity index (χ0v) is 8.85. The molecule has 0 amide bonds. The van der Waals surface area contributed by atoms with Gasteiger partial charge in [0.25, 0.3) is 0 Å². The van der Waals surface area contributed by atoms with Gasteiger partial charge in [-0.25, -0.2) is 0 Å². The minimum Gasteiger partial charge on any atom is -0.267 e. The van der Waals surface area contributed by atoms with Gasteiger partial charge < -0.3 is 0 Å². The van der Waals surface area contributed by atoms with Crippen LogP contribution in [0.5, 0.6) is 0 Å². The van der Waals surface area contributed by atoms with Gasteiger partial charge in [0.05, 0.1) is 16.3 Å². The molecule has 0 fully saturated rings. The van der Waals surface area contributed by atoms with E-state index in [1.807, 2.05) is 18.7 Å². The van der Waals surface area contributed by atoms with Crippen molar-refractivity contribution < 1.29 is 0 Å². The second-order valence-corrected chi connectivity index (χ2v) is 4.14. The van der Waals surface area contributed by atoms with Crippen LogP contribution < -0.4 is 0 Å². The van der Waals surface area contributed by atoms with Crippen LogP contribution in [0.1, 0.15) is 11.3 Å². The molecule has 2 rings (SSSR count). The summed E-state index contributed by atoms with van der Waals surface area (Å²) >= 11 is 1.77. The van der Waals surface area contributed by atoms with Gasteiger partial charge in [-0.15, -0.1) is 11.3 Å². The average Bonchev–Trinajstić information content (AvgIpc) is 2.58. The van der Waals surface area contributed by atoms with Crippen molar-refractivity contribution in [1.29, 1.82) is 0 Å². The molecule has 2 aromatic heterocycles. The average molecular weight is 192 g/mol. The number of aromatic nitrogens is 2. The highest BCUT2D eigenvalue weighted by Crippen LogP contribution is 2.28. The predicted molar refractivity (Wildman–Crippen MR) is 56.0 cm³/mol. The first kappa shape index (κ1) is 8.51. The minimum atomic E-state index is 1.07. The van der Waals surface area contributed by atoms with Gasteiger partial charge in [-0.1, -0.05) is 0 Å². The van der Waals surface area contributed by atoms with E-state index < -0.39 is 0 Å². The first-order valence-electron chi connectivity index (χ1n) is 4.23. The topological polar surface area (TPSA) is 17.8 Å². The van der Waals surface area contributed by atoms with Crippen LogP contribution in [-0.4, -0.2) is 9.78 Å². The number of nitrogens with zero attached hydrogens (tertiary/aromatic N) is 2. The van der Waals surface area contributed by atoms with Gasteiger partial charge >= 0.3 is 0 Å². The maximum Gasteiger partial charge on any atom is 0.0784 e. The largest absolute Gasteiger partial charge is 0.267 e. The van der Waals surface area contributed by atoms with Crippen LogP contribution in [0.15, 0.2) is 17.5 Å². The third kappa shape index (κ3) is 1.40. The Bertz CT molecular complexity index is 426. The Labute approximate surface area is 81.8 Å². The van der Waals surface area contributed by atoms with E-state index in [1.165, 1.54) is 16.1 Å². The normalized spacial score (nSPS) is 10.7. The highest BCUT2D eigenvalue weighted by Gasteiger charge is 2.08. The zero-order chi connectivity index (χ0) is 9.42. The molecule has 0 unspecified atom stereocenters. The second kappa shape index (κ2) is 3.00. The van der Waals surface area contributed by atoms with E-state index in [0.29, 0.717) is 0 Å². The molecule has 2 nitrogen and oxygen atoms in total. The molecule has 0 radical (unpaired) electrons. The Morgan fingerprint density at radius 1 is 1.38 bits per heavy atom. The summed E-state index contributed by atoms with van der Waals surface area (Å²) in [6.07, 6.45) is 0. The van der Waals surface area contributed by atoms with E-state index >= 15 is 0 Å². The van der Waals surface area contributed by atoms with Crippen LogP contribution in [0.2, 0.25) is 0 Å². The summed E-state index contributed by atoms with van der Waals surface area (Å²) in [6, 6.07) is 4.27. The molecular weight excluding hydrogens is 180 g/mol. The maximum absolute atomic E-state index is 4.33. The molecule has 2 heterocycles. The van der Waals surface area contributed by atoms with Gasteiger partial charge in [-0.3, -0.25) is 4.68 Å². The third-order valence-corrected chi connectivity index (χ3v) is 3.14. The summed E-state index contributed by atoms with van der Waals surface area (Å²) in [4.78, 5) is 1.32. The molecule has 0 aliphatic carbocycles. The van der Waals surface area contributed by atoms with Crippen molar-refractivity contribution in [2.45, 2.75) is 13.8 Å². The Kier molecular flexibility index (Phi) is 1.96. The van der Waals surface area contributed by atoms with E-state index in [0.717, 1.165) is 5.69 Å². The standard InChI is InChI=1S/C10H12N2S/c1-7-4-5-13-10(7)9-6-8(2)11-12(9)3/h4-6H,1-3H3. The SMILES string of the molecule is Cc1cc(-c2sccc2C)n(C)n1. The number of hydrogen-bond acceptors (Lipinski definition) is 2. The number of rotatable bonds is 1. The van der Waals surface area contributed by atoms with E-state index in [1.54, 1.807) is 11.3 Å². The Hall–Kier alpha value is -1.09. The van der Waals surface area contributed by atoms with Gasteiger partial charge in [-0.2, -0.15) is 5.10 Å². The molecule has 0 bridgehead atoms. The first-order chi connectivity index (χ1) is 6.18. The second-order valence-electron chi connectivity index (χ2n) is 3.23. The molecule has 0 N–H and O–H groups in total. The molecule has 0 aromatic carbocycles. The van der Waals surface area contributed by atoms with Gasteiger partial charge in [0, 0.05) is 7.05 Å². The monoisotopic (exact) mass is 192 g/mol. The molecule has 2 aromatic rings. The fraction of sp³-hybridized carbons (Fsp3) is 0.300. The Morgan fingerprint density at radius 2 is 2.15 bits per heavy atom. The van der Waals surface area contributed by atoms with Crippen LogP contribution in [0.25, 0.3) is 10.6 Å². The van der Waals surface area contributed by atoms with Crippen molar-refractivity contribution in [3.63, 3.8) is 0 Å². The van der Waals surface area contributed by atoms with Gasteiger partial charge in [0.1, 0.15) is 0 Å². The van der Waals surface area contributed by atoms with E-state index in [2.05, 4.69) is 29.5 Å². The zero-order valence-electron chi connectivity index (χ0n) is 8.03. The van der Waals surface area contributed by atoms with Crippen LogP contribution in [0, 0.1) is 13.8 Å². The van der Waals surface area contributed by atoms with Crippen molar-refractivity contribution >= 4 is 11.3 Å². The summed E-state index contributed by atoms with van der Waals surface area (Å²) in [5.41, 5.74) is 3.61. The molecule has 0 saturated heterocycles. The predicted octanol–water partition coefficient (Wildman–Crippen LogP) is 2.77. The van der Waals surface area contributed by atoms with E-state index in [9.17, 15) is 0 Å². The fourth-order valence-electron chi connectivity index (χ4n) is 1.46. The van der Waals surface area contributed by atoms with Crippen LogP contribution in [0.4, 0.5) is 0 Å². The summed E-state index contributed by atoms with van der Waals surface area (Å²) < 4.78 is 1.94. The summed E-state index contributed by atoms with van der Waals surface area (Å²) in [6.45, 7) is 4.15. The van der Waals surface area contributed by atoms with Crippen molar-refractivity contribution in [1.82, 2.24) is 9.78 Å². The third-order valence-electron chi connectivity index (χ3n) is 2.10. The van der Waals surface area contributed by atoms with Crippen molar-refractivity contribution in [2.24, 2.45) is 7.05 Å². The molecular formula is C10H12N2S. The molecule has 0 aliphatic rings. The molecule has 0 spiro atoms. The summed E-state index contributed by atoms with van der Waals surface area (Å²) in [7, 11) is 1.99. The van der Waals surface area contributed by atoms with Crippen LogP contribution >= 0.6 is 11.3 Å². The molecule has 0 atom stereocenters. The molecule has 0 saturated carbocycles. The minimum absolute atomic E-state index is 1.07. The lowest BCUT2D eigenvalue weighted by Gasteiger charge is -1.98. The van der Waals surface area contributed by atoms with Crippen molar-refractivity contribution in [3.8, 4) is 10.6 Å². The van der Waals surface area contributed by atoms with Crippen molar-refractivity contribution in [3.05, 3.63) is 28.8 Å². The maximum atomic E-state index is 4.33. The van der Waals surface area contributed by atoms with Crippen LogP contribution in [-0.2, 0) is 7.05 Å². The van der Waals surface area contributed by atoms with Crippen LogP contribution in [0.3, 0.4) is 0 Å². The lowest BCUT2D eigenvalue weighted by atomic mass is 10.2. The van der Waals surface area contributed by atoms with Gasteiger partial charge in [0.2, 0.25) is 0 Å². The lowest BCUT2D eigenvalue weighted by Crippen LogP contribution is -1.92. The smallest absolute Gasteiger partial charge is 0.0784 e. The van der Waals surface area contributed by atoms with Gasteiger partial charge in [0.15, 0.2) is 0 Å². The number of hydrogen-bond donors (Lipinski definition) is 0. The number of aryl methyl sites for hydroxylation is 3. The highest BCUT2D eigenvalue weighted by atomic mass is 32.1. The summed E-state index contributed by atoms with van der Waals surface area (Å²) in [5.74, 6) is 0. The molecule has 3 heteroatoms. The van der Waals surface area contributed by atoms with E-state index in [4.69, 9.17) is 0 Å². The molecule has 0 aliphatic heterocycles. The highest BCUT2D eigenvalue weighted by molar-refractivity contribution is 7.13. The Morgan fingerprint density at radius 3 is 2.62 bits per heavy atom. The van der Waals surface area contributed by atoms with Crippen molar-refractivity contribution in [2.75, 3.05) is 0 Å². The quantitative estimate of drug-likeness (QED) is 0.679. The molecule has 68 valence electrons. The summed E-state index contributed by atoms with van der Waals surface area (Å²) in [5, 5.41) is 6.45.